The van der Waals surface area contributed by atoms with E-state index in [2.05, 4.69) is 31.0 Å². The summed E-state index contributed by atoms with van der Waals surface area (Å²) in [7, 11) is 0. The molecule has 2 rings (SSSR count). The fraction of sp³-hybridized carbons (Fsp3) is 0.667. The van der Waals surface area contributed by atoms with Crippen LogP contribution in [-0.2, 0) is 12.8 Å². The fourth-order valence-electron chi connectivity index (χ4n) is 2.72. The normalized spacial score (nSPS) is 19.5. The Labute approximate surface area is 99.3 Å². The smallest absolute Gasteiger partial charge is 0.0438 e. The van der Waals surface area contributed by atoms with Gasteiger partial charge in [-0.1, -0.05) is 38.7 Å². The Kier molecular flexibility index (Phi) is 3.98. The number of unbranched alkanes of at least 4 members (excludes halogenated alkanes) is 2. The van der Waals surface area contributed by atoms with Crippen molar-refractivity contribution in [2.75, 3.05) is 0 Å². The minimum atomic E-state index is 0.920. The standard InChI is InChI=1S/C15H23N/c1-3-4-5-6-13-8-10-15-14(11-13)9-7-12(2)16-15/h7,9,13H,3-6,8,10-11H2,1-2H3. The lowest BCUT2D eigenvalue weighted by Crippen LogP contribution is -2.15. The zero-order chi connectivity index (χ0) is 11.4. The third-order valence-corrected chi connectivity index (χ3v) is 3.72. The lowest BCUT2D eigenvalue weighted by atomic mass is 9.83. The minimum Gasteiger partial charge on any atom is -0.258 e. The lowest BCUT2D eigenvalue weighted by Gasteiger charge is -2.24. The highest BCUT2D eigenvalue weighted by Gasteiger charge is 2.18. The summed E-state index contributed by atoms with van der Waals surface area (Å²) >= 11 is 0. The minimum absolute atomic E-state index is 0.920. The van der Waals surface area contributed by atoms with Crippen LogP contribution in [0.3, 0.4) is 0 Å². The molecule has 1 aromatic rings. The van der Waals surface area contributed by atoms with Gasteiger partial charge in [-0.15, -0.1) is 0 Å². The molecule has 0 fully saturated rings. The van der Waals surface area contributed by atoms with Gasteiger partial charge in [0.2, 0.25) is 0 Å². The van der Waals surface area contributed by atoms with E-state index in [0.717, 1.165) is 5.92 Å². The van der Waals surface area contributed by atoms with Gasteiger partial charge in [-0.2, -0.15) is 0 Å². The van der Waals surface area contributed by atoms with Gasteiger partial charge in [0, 0.05) is 11.4 Å². The molecule has 0 N–H and O–H groups in total. The summed E-state index contributed by atoms with van der Waals surface area (Å²) in [4.78, 5) is 4.64. The molecule has 0 spiro atoms. The van der Waals surface area contributed by atoms with Crippen molar-refractivity contribution in [2.45, 2.75) is 58.8 Å². The van der Waals surface area contributed by atoms with Crippen LogP contribution in [0.2, 0.25) is 0 Å². The summed E-state index contributed by atoms with van der Waals surface area (Å²) < 4.78 is 0. The maximum atomic E-state index is 4.64. The Morgan fingerprint density at radius 3 is 3.00 bits per heavy atom. The fourth-order valence-corrected chi connectivity index (χ4v) is 2.72. The first kappa shape index (κ1) is 11.6. The van der Waals surface area contributed by atoms with Crippen LogP contribution >= 0.6 is 0 Å². The van der Waals surface area contributed by atoms with Crippen molar-refractivity contribution in [3.05, 3.63) is 29.1 Å². The van der Waals surface area contributed by atoms with Crippen LogP contribution < -0.4 is 0 Å². The molecule has 88 valence electrons. The lowest BCUT2D eigenvalue weighted by molar-refractivity contribution is 0.404. The topological polar surface area (TPSA) is 12.9 Å². The predicted octanol–water partition coefficient (Wildman–Crippen LogP) is 4.08. The molecule has 1 aromatic heterocycles. The molecule has 0 bridgehead atoms. The van der Waals surface area contributed by atoms with Crippen molar-refractivity contribution < 1.29 is 0 Å². The molecule has 1 atom stereocenters. The quantitative estimate of drug-likeness (QED) is 0.693. The maximum absolute atomic E-state index is 4.64. The number of pyridine rings is 1. The van der Waals surface area contributed by atoms with E-state index in [9.17, 15) is 0 Å². The molecular weight excluding hydrogens is 194 g/mol. The largest absolute Gasteiger partial charge is 0.258 e. The molecule has 1 aliphatic carbocycles. The molecule has 16 heavy (non-hydrogen) atoms. The Morgan fingerprint density at radius 2 is 2.19 bits per heavy atom. The average Bonchev–Trinajstić information content (AvgIpc) is 2.29. The zero-order valence-corrected chi connectivity index (χ0v) is 10.6. The van der Waals surface area contributed by atoms with Crippen molar-refractivity contribution in [3.63, 3.8) is 0 Å². The van der Waals surface area contributed by atoms with Crippen LogP contribution in [0.25, 0.3) is 0 Å². The first-order chi connectivity index (χ1) is 7.79. The van der Waals surface area contributed by atoms with E-state index in [0.29, 0.717) is 0 Å². The van der Waals surface area contributed by atoms with Gasteiger partial charge in [0.15, 0.2) is 0 Å². The van der Waals surface area contributed by atoms with Crippen LogP contribution in [-0.4, -0.2) is 4.98 Å². The van der Waals surface area contributed by atoms with E-state index in [4.69, 9.17) is 0 Å². The Hall–Kier alpha value is -0.850. The van der Waals surface area contributed by atoms with Crippen LogP contribution in [0.15, 0.2) is 12.1 Å². The van der Waals surface area contributed by atoms with Gasteiger partial charge in [0.25, 0.3) is 0 Å². The third-order valence-electron chi connectivity index (χ3n) is 3.72. The van der Waals surface area contributed by atoms with Crippen LogP contribution in [0.5, 0.6) is 0 Å². The molecule has 0 radical (unpaired) electrons. The number of aryl methyl sites for hydroxylation is 2. The number of rotatable bonds is 4. The Morgan fingerprint density at radius 1 is 1.31 bits per heavy atom. The van der Waals surface area contributed by atoms with E-state index in [-0.39, 0.29) is 0 Å². The van der Waals surface area contributed by atoms with Gasteiger partial charge in [-0.3, -0.25) is 4.98 Å². The van der Waals surface area contributed by atoms with Crippen molar-refractivity contribution in [3.8, 4) is 0 Å². The first-order valence-corrected chi connectivity index (χ1v) is 6.75. The second-order valence-corrected chi connectivity index (χ2v) is 5.16. The van der Waals surface area contributed by atoms with Gasteiger partial charge in [0.1, 0.15) is 0 Å². The van der Waals surface area contributed by atoms with Gasteiger partial charge in [-0.05, 0) is 43.7 Å². The van der Waals surface area contributed by atoms with Gasteiger partial charge < -0.3 is 0 Å². The number of hydrogen-bond acceptors (Lipinski definition) is 1. The highest BCUT2D eigenvalue weighted by atomic mass is 14.7. The molecule has 0 aromatic carbocycles. The van der Waals surface area contributed by atoms with Crippen molar-refractivity contribution in [2.24, 2.45) is 5.92 Å². The van der Waals surface area contributed by atoms with Crippen molar-refractivity contribution >= 4 is 0 Å². The highest BCUT2D eigenvalue weighted by Crippen LogP contribution is 2.28. The van der Waals surface area contributed by atoms with Crippen LogP contribution in [0.4, 0.5) is 0 Å². The molecule has 0 saturated heterocycles. The zero-order valence-electron chi connectivity index (χ0n) is 10.6. The third kappa shape index (κ3) is 2.84. The second kappa shape index (κ2) is 5.47. The van der Waals surface area contributed by atoms with Crippen LogP contribution in [0.1, 0.15) is 56.0 Å². The molecule has 0 saturated carbocycles. The molecule has 0 amide bonds. The molecule has 1 heterocycles. The molecular formula is C15H23N. The van der Waals surface area contributed by atoms with E-state index in [1.54, 1.807) is 0 Å². The molecule has 1 nitrogen and oxygen atoms in total. The van der Waals surface area contributed by atoms with Crippen molar-refractivity contribution in [1.82, 2.24) is 4.98 Å². The van der Waals surface area contributed by atoms with Gasteiger partial charge >= 0.3 is 0 Å². The summed E-state index contributed by atoms with van der Waals surface area (Å²) in [5, 5.41) is 0. The maximum Gasteiger partial charge on any atom is 0.0438 e. The monoisotopic (exact) mass is 217 g/mol. The summed E-state index contributed by atoms with van der Waals surface area (Å²) in [5.41, 5.74) is 4.05. The Balaban J connectivity index is 1.93. The van der Waals surface area contributed by atoms with E-state index in [1.807, 2.05) is 0 Å². The highest BCUT2D eigenvalue weighted by molar-refractivity contribution is 5.25. The van der Waals surface area contributed by atoms with E-state index < -0.39 is 0 Å². The first-order valence-electron chi connectivity index (χ1n) is 6.75. The van der Waals surface area contributed by atoms with Gasteiger partial charge in [0.05, 0.1) is 0 Å². The second-order valence-electron chi connectivity index (χ2n) is 5.16. The number of nitrogens with zero attached hydrogens (tertiary/aromatic N) is 1. The molecule has 1 unspecified atom stereocenters. The van der Waals surface area contributed by atoms with Crippen molar-refractivity contribution in [1.29, 1.82) is 0 Å². The number of hydrogen-bond donors (Lipinski definition) is 0. The summed E-state index contributed by atoms with van der Waals surface area (Å²) in [6, 6.07) is 4.46. The summed E-state index contributed by atoms with van der Waals surface area (Å²) in [6.07, 6.45) is 9.39. The average molecular weight is 217 g/mol. The van der Waals surface area contributed by atoms with E-state index in [1.165, 1.54) is 61.9 Å². The number of aromatic nitrogens is 1. The molecule has 1 aliphatic rings. The van der Waals surface area contributed by atoms with E-state index >= 15 is 0 Å². The van der Waals surface area contributed by atoms with Gasteiger partial charge in [-0.25, -0.2) is 0 Å². The summed E-state index contributed by atoms with van der Waals surface area (Å²) in [5.74, 6) is 0.920. The molecule has 0 aliphatic heterocycles. The summed E-state index contributed by atoms with van der Waals surface area (Å²) in [6.45, 7) is 4.37. The Bertz CT molecular complexity index is 343. The van der Waals surface area contributed by atoms with Crippen LogP contribution in [0, 0.1) is 12.8 Å². The predicted molar refractivity (Wildman–Crippen MR) is 68.6 cm³/mol. The molecule has 1 heteroatoms. The number of fused-ring (bicyclic) bond motifs is 1. The SMILES string of the molecule is CCCCCC1CCc2nc(C)ccc2C1.